The average Bonchev–Trinajstić information content (AvgIpc) is 3.33. The van der Waals surface area contributed by atoms with Crippen LogP contribution in [0.4, 0.5) is 5.82 Å². The lowest BCUT2D eigenvalue weighted by Gasteiger charge is -2.33. The fraction of sp³-hybridized carbons (Fsp3) is 0.375. The van der Waals surface area contributed by atoms with Gasteiger partial charge in [-0.25, -0.2) is 9.97 Å². The summed E-state index contributed by atoms with van der Waals surface area (Å²) in [5.41, 5.74) is 18.5. The van der Waals surface area contributed by atoms with Crippen LogP contribution >= 0.6 is 0 Å². The van der Waals surface area contributed by atoms with Crippen molar-refractivity contribution in [2.45, 2.75) is 58.0 Å². The van der Waals surface area contributed by atoms with Gasteiger partial charge in [-0.3, -0.25) is 9.59 Å². The topological polar surface area (TPSA) is 132 Å². The van der Waals surface area contributed by atoms with Gasteiger partial charge in [-0.15, -0.1) is 0 Å². The molecule has 1 fully saturated rings. The van der Waals surface area contributed by atoms with Crippen LogP contribution in [0.3, 0.4) is 0 Å². The number of carbonyl (C=O) groups excluding carboxylic acids is 2. The number of nitrogen functional groups attached to an aromatic ring is 1. The van der Waals surface area contributed by atoms with Gasteiger partial charge in [0.05, 0.1) is 11.0 Å². The van der Waals surface area contributed by atoms with Gasteiger partial charge in [0.1, 0.15) is 11.6 Å². The van der Waals surface area contributed by atoms with Crippen LogP contribution in [0.15, 0.2) is 60.8 Å². The number of benzene rings is 2. The molecule has 1 aliphatic heterocycles. The van der Waals surface area contributed by atoms with Gasteiger partial charge in [-0.2, -0.15) is 0 Å². The second-order valence-electron chi connectivity index (χ2n) is 11.1. The first-order valence-electron chi connectivity index (χ1n) is 14.3. The third-order valence-electron chi connectivity index (χ3n) is 7.87. The van der Waals surface area contributed by atoms with E-state index in [9.17, 15) is 9.59 Å². The van der Waals surface area contributed by atoms with Crippen molar-refractivity contribution in [3.05, 3.63) is 77.7 Å². The SMILES string of the molecule is CC(=O)NCCn1c(C2CCCN(C(=O)CC(N)Cc3ccc(-c4ccc(N)nc4)cc3)C2)nc2c(C)cccc21. The first-order chi connectivity index (χ1) is 19.8. The molecule has 5 rings (SSSR count). The molecule has 0 saturated carbocycles. The molecule has 0 aliphatic carbocycles. The summed E-state index contributed by atoms with van der Waals surface area (Å²) in [6, 6.07) is 17.9. The number of aromatic nitrogens is 3. The number of nitrogens with zero attached hydrogens (tertiary/aromatic N) is 4. The van der Waals surface area contributed by atoms with Crippen LogP contribution in [0.1, 0.15) is 49.1 Å². The number of anilines is 1. The predicted octanol–water partition coefficient (Wildman–Crippen LogP) is 3.79. The minimum atomic E-state index is -0.267. The number of para-hydroxylation sites is 1. The third kappa shape index (κ3) is 6.74. The van der Waals surface area contributed by atoms with E-state index in [1.54, 1.807) is 12.3 Å². The lowest BCUT2D eigenvalue weighted by atomic mass is 9.95. The number of aryl methyl sites for hydroxylation is 1. The van der Waals surface area contributed by atoms with Crippen molar-refractivity contribution >= 4 is 28.7 Å². The van der Waals surface area contributed by atoms with Crippen LogP contribution < -0.4 is 16.8 Å². The van der Waals surface area contributed by atoms with Crippen LogP contribution in [0.2, 0.25) is 0 Å². The highest BCUT2D eigenvalue weighted by Gasteiger charge is 2.29. The maximum atomic E-state index is 13.4. The van der Waals surface area contributed by atoms with Gasteiger partial charge in [0.25, 0.3) is 0 Å². The van der Waals surface area contributed by atoms with Crippen molar-refractivity contribution in [2.75, 3.05) is 25.4 Å². The van der Waals surface area contributed by atoms with Gasteiger partial charge in [0.2, 0.25) is 11.8 Å². The van der Waals surface area contributed by atoms with Gasteiger partial charge >= 0.3 is 0 Å². The number of amides is 2. The largest absolute Gasteiger partial charge is 0.384 e. The van der Waals surface area contributed by atoms with Gasteiger partial charge < -0.3 is 26.3 Å². The van der Waals surface area contributed by atoms with E-state index in [-0.39, 0.29) is 23.8 Å². The first-order valence-corrected chi connectivity index (χ1v) is 14.3. The van der Waals surface area contributed by atoms with E-state index in [1.165, 1.54) is 6.92 Å². The van der Waals surface area contributed by atoms with Gasteiger partial charge in [-0.05, 0) is 61.1 Å². The summed E-state index contributed by atoms with van der Waals surface area (Å²) in [4.78, 5) is 36.0. The minimum Gasteiger partial charge on any atom is -0.384 e. The first kappa shape index (κ1) is 28.3. The Balaban J connectivity index is 1.23. The zero-order chi connectivity index (χ0) is 28.9. The van der Waals surface area contributed by atoms with Crippen LogP contribution in [-0.4, -0.2) is 56.9 Å². The van der Waals surface area contributed by atoms with Crippen LogP contribution in [-0.2, 0) is 22.6 Å². The third-order valence-corrected chi connectivity index (χ3v) is 7.87. The lowest BCUT2D eigenvalue weighted by Crippen LogP contribution is -2.42. The molecular weight excluding hydrogens is 514 g/mol. The summed E-state index contributed by atoms with van der Waals surface area (Å²) in [7, 11) is 0. The second-order valence-corrected chi connectivity index (χ2v) is 11.1. The molecule has 2 aromatic heterocycles. The van der Waals surface area contributed by atoms with Crippen LogP contribution in [0, 0.1) is 6.92 Å². The normalized spacial score (nSPS) is 16.1. The number of likely N-dealkylation sites (tertiary alicyclic amines) is 1. The molecule has 0 spiro atoms. The summed E-state index contributed by atoms with van der Waals surface area (Å²) >= 11 is 0. The molecular formula is C32H39N7O2. The van der Waals surface area contributed by atoms with Crippen LogP contribution in [0.5, 0.6) is 0 Å². The van der Waals surface area contributed by atoms with E-state index in [4.69, 9.17) is 16.5 Å². The quantitative estimate of drug-likeness (QED) is 0.289. The number of hydrogen-bond donors (Lipinski definition) is 3. The van der Waals surface area contributed by atoms with Crippen molar-refractivity contribution in [1.29, 1.82) is 0 Å². The molecule has 2 amide bonds. The number of nitrogens with two attached hydrogens (primary N) is 2. The monoisotopic (exact) mass is 553 g/mol. The molecule has 1 aliphatic rings. The highest BCUT2D eigenvalue weighted by atomic mass is 16.2. The standard InChI is InChI=1S/C32H39N7O2/c1-21-5-3-7-28-31(21)37-32(39(28)16-14-35-22(2)40)26-6-4-15-38(20-26)30(41)18-27(33)17-23-8-10-24(11-9-23)25-12-13-29(34)36-19-25/h3,5,7-13,19,26-27H,4,6,14-18,20,33H2,1-2H3,(H2,34,36)(H,35,40). The lowest BCUT2D eigenvalue weighted by molar-refractivity contribution is -0.132. The van der Waals surface area contributed by atoms with E-state index in [0.29, 0.717) is 38.3 Å². The van der Waals surface area contributed by atoms with Crippen molar-refractivity contribution in [3.63, 3.8) is 0 Å². The summed E-state index contributed by atoms with van der Waals surface area (Å²) in [5, 5.41) is 2.90. The highest BCUT2D eigenvalue weighted by Crippen LogP contribution is 2.31. The molecule has 3 heterocycles. The van der Waals surface area contributed by atoms with Crippen LogP contribution in [0.25, 0.3) is 22.2 Å². The molecule has 2 aromatic carbocycles. The molecule has 0 radical (unpaired) electrons. The molecule has 2 unspecified atom stereocenters. The van der Waals surface area contributed by atoms with Crippen molar-refractivity contribution < 1.29 is 9.59 Å². The molecule has 0 bridgehead atoms. The molecule has 9 nitrogen and oxygen atoms in total. The van der Waals surface area contributed by atoms with E-state index in [1.807, 2.05) is 29.2 Å². The minimum absolute atomic E-state index is 0.0482. The smallest absolute Gasteiger partial charge is 0.224 e. The van der Waals surface area contributed by atoms with Gasteiger partial charge in [0, 0.05) is 63.2 Å². The fourth-order valence-electron chi connectivity index (χ4n) is 5.75. The molecule has 2 atom stereocenters. The Kier molecular flexibility index (Phi) is 8.64. The number of rotatable bonds is 9. The number of hydrogen-bond acceptors (Lipinski definition) is 6. The Morgan fingerprint density at radius 2 is 1.88 bits per heavy atom. The summed E-state index contributed by atoms with van der Waals surface area (Å²) in [6.07, 6.45) is 4.57. The molecule has 41 heavy (non-hydrogen) atoms. The molecule has 1 saturated heterocycles. The Morgan fingerprint density at radius 1 is 1.10 bits per heavy atom. The Morgan fingerprint density at radius 3 is 2.61 bits per heavy atom. The number of carbonyl (C=O) groups is 2. The fourth-order valence-corrected chi connectivity index (χ4v) is 5.75. The van der Waals surface area contributed by atoms with Gasteiger partial charge in [0.15, 0.2) is 0 Å². The molecule has 4 aromatic rings. The van der Waals surface area contributed by atoms with Crippen molar-refractivity contribution in [3.8, 4) is 11.1 Å². The number of pyridine rings is 1. The van der Waals surface area contributed by atoms with E-state index < -0.39 is 0 Å². The molecule has 9 heteroatoms. The number of piperidine rings is 1. The maximum absolute atomic E-state index is 13.4. The number of imidazole rings is 1. The Hall–Kier alpha value is -4.24. The Bertz CT molecular complexity index is 1510. The number of fused-ring (bicyclic) bond motifs is 1. The summed E-state index contributed by atoms with van der Waals surface area (Å²) in [5.74, 6) is 1.65. The maximum Gasteiger partial charge on any atom is 0.224 e. The highest BCUT2D eigenvalue weighted by molar-refractivity contribution is 5.80. The molecule has 5 N–H and O–H groups in total. The predicted molar refractivity (Wildman–Crippen MR) is 162 cm³/mol. The Labute approximate surface area is 241 Å². The van der Waals surface area contributed by atoms with Crippen molar-refractivity contribution in [1.82, 2.24) is 24.8 Å². The molecule has 214 valence electrons. The van der Waals surface area contributed by atoms with E-state index in [2.05, 4.69) is 46.1 Å². The van der Waals surface area contributed by atoms with E-state index >= 15 is 0 Å². The average molecular weight is 554 g/mol. The zero-order valence-electron chi connectivity index (χ0n) is 23.8. The van der Waals surface area contributed by atoms with Crippen molar-refractivity contribution in [2.24, 2.45) is 5.73 Å². The zero-order valence-corrected chi connectivity index (χ0v) is 23.8. The summed E-state index contributed by atoms with van der Waals surface area (Å²) < 4.78 is 2.22. The van der Waals surface area contributed by atoms with E-state index in [0.717, 1.165) is 58.5 Å². The number of nitrogens with one attached hydrogen (secondary N) is 1. The summed E-state index contributed by atoms with van der Waals surface area (Å²) in [6.45, 7) is 6.12. The van der Waals surface area contributed by atoms with Gasteiger partial charge in [-0.1, -0.05) is 36.4 Å². The second kappa shape index (κ2) is 12.5.